The first-order valence-electron chi connectivity index (χ1n) is 5.29. The molecule has 1 aromatic carbocycles. The minimum absolute atomic E-state index is 0.401. The molecule has 2 rings (SSSR count). The van der Waals surface area contributed by atoms with Gasteiger partial charge < -0.3 is 5.73 Å². The van der Waals surface area contributed by atoms with Crippen LogP contribution in [0.25, 0.3) is 0 Å². The van der Waals surface area contributed by atoms with E-state index in [-0.39, 0.29) is 0 Å². The third-order valence-corrected chi connectivity index (χ3v) is 4.32. The van der Waals surface area contributed by atoms with E-state index in [1.54, 1.807) is 30.1 Å². The first-order valence-corrected chi connectivity index (χ1v) is 7.07. The van der Waals surface area contributed by atoms with Crippen molar-refractivity contribution < 1.29 is 4.79 Å². The Kier molecular flexibility index (Phi) is 4.38. The highest BCUT2D eigenvalue weighted by atomic mass is 79.9. The zero-order valence-corrected chi connectivity index (χ0v) is 11.9. The van der Waals surface area contributed by atoms with Gasteiger partial charge in [0.05, 0.1) is 0 Å². The molecule has 0 aliphatic carbocycles. The highest BCUT2D eigenvalue weighted by molar-refractivity contribution is 9.10. The number of carbonyl (C=O) groups is 1. The standard InChI is InChI=1S/C13H11BrN2OS/c14-11-2-1-7-16-13(11)18-8-9-3-5-10(6-4-9)12(15)17/h1-7H,8H2,(H2,15,17). The summed E-state index contributed by atoms with van der Waals surface area (Å²) in [5.41, 5.74) is 6.85. The fraction of sp³-hybridized carbons (Fsp3) is 0.0769. The van der Waals surface area contributed by atoms with Crippen LogP contribution in [-0.2, 0) is 5.75 Å². The topological polar surface area (TPSA) is 56.0 Å². The molecule has 0 aliphatic heterocycles. The molecule has 1 heterocycles. The minimum atomic E-state index is -0.401. The molecule has 0 saturated carbocycles. The number of aromatic nitrogens is 1. The smallest absolute Gasteiger partial charge is 0.248 e. The van der Waals surface area contributed by atoms with Crippen molar-refractivity contribution in [1.29, 1.82) is 0 Å². The first kappa shape index (κ1) is 13.1. The number of rotatable bonds is 4. The number of hydrogen-bond donors (Lipinski definition) is 1. The molecule has 0 atom stereocenters. The lowest BCUT2D eigenvalue weighted by atomic mass is 10.1. The van der Waals surface area contributed by atoms with Crippen LogP contribution >= 0.6 is 27.7 Å². The van der Waals surface area contributed by atoms with Crippen molar-refractivity contribution in [2.24, 2.45) is 5.73 Å². The maximum atomic E-state index is 10.9. The summed E-state index contributed by atoms with van der Waals surface area (Å²) in [6.45, 7) is 0. The van der Waals surface area contributed by atoms with Crippen molar-refractivity contribution in [2.45, 2.75) is 10.8 Å². The number of amides is 1. The van der Waals surface area contributed by atoms with E-state index >= 15 is 0 Å². The molecule has 0 radical (unpaired) electrons. The molecule has 0 saturated heterocycles. The van der Waals surface area contributed by atoms with E-state index < -0.39 is 5.91 Å². The Balaban J connectivity index is 2.02. The molecule has 1 amide bonds. The summed E-state index contributed by atoms with van der Waals surface area (Å²) in [5, 5.41) is 0.955. The van der Waals surface area contributed by atoms with E-state index in [0.29, 0.717) is 5.56 Å². The van der Waals surface area contributed by atoms with Gasteiger partial charge in [-0.1, -0.05) is 12.1 Å². The van der Waals surface area contributed by atoms with Crippen LogP contribution in [0, 0.1) is 0 Å². The summed E-state index contributed by atoms with van der Waals surface area (Å²) in [6.07, 6.45) is 1.77. The highest BCUT2D eigenvalue weighted by Crippen LogP contribution is 2.27. The van der Waals surface area contributed by atoms with Gasteiger partial charge in [-0.15, -0.1) is 11.8 Å². The second-order valence-corrected chi connectivity index (χ2v) is 5.46. The molecule has 1 aromatic heterocycles. The van der Waals surface area contributed by atoms with Crippen LogP contribution < -0.4 is 5.73 Å². The van der Waals surface area contributed by atoms with Crippen LogP contribution in [0.3, 0.4) is 0 Å². The van der Waals surface area contributed by atoms with Crippen molar-refractivity contribution >= 4 is 33.6 Å². The van der Waals surface area contributed by atoms with Gasteiger partial charge in [-0.3, -0.25) is 4.79 Å². The van der Waals surface area contributed by atoms with Gasteiger partial charge >= 0.3 is 0 Å². The Hall–Kier alpha value is -1.33. The van der Waals surface area contributed by atoms with Crippen molar-refractivity contribution in [1.82, 2.24) is 4.98 Å². The molecule has 0 bridgehead atoms. The largest absolute Gasteiger partial charge is 0.366 e. The van der Waals surface area contributed by atoms with E-state index in [1.807, 2.05) is 24.3 Å². The van der Waals surface area contributed by atoms with Crippen LogP contribution in [0.2, 0.25) is 0 Å². The predicted octanol–water partition coefficient (Wildman–Crippen LogP) is 3.24. The fourth-order valence-corrected chi connectivity index (χ4v) is 2.83. The predicted molar refractivity (Wildman–Crippen MR) is 76.5 cm³/mol. The zero-order chi connectivity index (χ0) is 13.0. The summed E-state index contributed by atoms with van der Waals surface area (Å²) >= 11 is 5.10. The van der Waals surface area contributed by atoms with Gasteiger partial charge in [0.1, 0.15) is 5.03 Å². The molecule has 0 fully saturated rings. The van der Waals surface area contributed by atoms with E-state index in [1.165, 1.54) is 0 Å². The quantitative estimate of drug-likeness (QED) is 0.879. The number of nitrogens with zero attached hydrogens (tertiary/aromatic N) is 1. The number of nitrogens with two attached hydrogens (primary N) is 1. The fourth-order valence-electron chi connectivity index (χ4n) is 1.39. The van der Waals surface area contributed by atoms with E-state index in [0.717, 1.165) is 20.8 Å². The van der Waals surface area contributed by atoms with Crippen molar-refractivity contribution in [3.63, 3.8) is 0 Å². The second kappa shape index (κ2) is 6.02. The maximum Gasteiger partial charge on any atom is 0.248 e. The molecule has 0 unspecified atom stereocenters. The summed E-state index contributed by atoms with van der Waals surface area (Å²) in [7, 11) is 0. The molecule has 3 nitrogen and oxygen atoms in total. The Bertz CT molecular complexity index is 557. The summed E-state index contributed by atoms with van der Waals surface area (Å²) in [6, 6.07) is 11.1. The van der Waals surface area contributed by atoms with Gasteiger partial charge in [-0.2, -0.15) is 0 Å². The Labute approximate surface area is 118 Å². The number of benzene rings is 1. The molecule has 0 aliphatic rings. The Morgan fingerprint density at radius 2 is 2.00 bits per heavy atom. The molecule has 2 aromatic rings. The van der Waals surface area contributed by atoms with Crippen LogP contribution in [0.4, 0.5) is 0 Å². The number of carbonyl (C=O) groups excluding carboxylic acids is 1. The monoisotopic (exact) mass is 322 g/mol. The lowest BCUT2D eigenvalue weighted by Gasteiger charge is -2.03. The van der Waals surface area contributed by atoms with Crippen molar-refractivity contribution in [3.8, 4) is 0 Å². The van der Waals surface area contributed by atoms with E-state index in [9.17, 15) is 4.79 Å². The highest BCUT2D eigenvalue weighted by Gasteiger charge is 2.03. The van der Waals surface area contributed by atoms with Crippen LogP contribution in [0.1, 0.15) is 15.9 Å². The zero-order valence-electron chi connectivity index (χ0n) is 9.47. The van der Waals surface area contributed by atoms with Crippen LogP contribution in [-0.4, -0.2) is 10.9 Å². The lowest BCUT2D eigenvalue weighted by Crippen LogP contribution is -2.10. The molecule has 92 valence electrons. The molecule has 5 heteroatoms. The molecule has 0 spiro atoms. The molecule has 2 N–H and O–H groups in total. The molecule has 18 heavy (non-hydrogen) atoms. The van der Waals surface area contributed by atoms with Gasteiger partial charge in [-0.05, 0) is 45.8 Å². The number of primary amides is 1. The van der Waals surface area contributed by atoms with Crippen molar-refractivity contribution in [3.05, 3.63) is 58.2 Å². The molecular weight excluding hydrogens is 312 g/mol. The second-order valence-electron chi connectivity index (χ2n) is 3.64. The van der Waals surface area contributed by atoms with Crippen molar-refractivity contribution in [2.75, 3.05) is 0 Å². The van der Waals surface area contributed by atoms with Crippen LogP contribution in [0.15, 0.2) is 52.1 Å². The first-order chi connectivity index (χ1) is 8.66. The van der Waals surface area contributed by atoms with Gasteiger partial charge in [0.25, 0.3) is 0 Å². The average molecular weight is 323 g/mol. The average Bonchev–Trinajstić information content (AvgIpc) is 2.38. The number of thioether (sulfide) groups is 1. The summed E-state index contributed by atoms with van der Waals surface area (Å²) < 4.78 is 0.990. The third kappa shape index (κ3) is 3.34. The maximum absolute atomic E-state index is 10.9. The van der Waals surface area contributed by atoms with Gasteiger partial charge in [0, 0.05) is 22.0 Å². The van der Waals surface area contributed by atoms with Gasteiger partial charge in [0.15, 0.2) is 0 Å². The number of halogens is 1. The van der Waals surface area contributed by atoms with Crippen LogP contribution in [0.5, 0.6) is 0 Å². The lowest BCUT2D eigenvalue weighted by molar-refractivity contribution is 0.100. The Morgan fingerprint density at radius 3 is 2.61 bits per heavy atom. The Morgan fingerprint density at radius 1 is 1.28 bits per heavy atom. The number of hydrogen-bond acceptors (Lipinski definition) is 3. The number of pyridine rings is 1. The minimum Gasteiger partial charge on any atom is -0.366 e. The van der Waals surface area contributed by atoms with E-state index in [2.05, 4.69) is 20.9 Å². The summed E-state index contributed by atoms with van der Waals surface area (Å²) in [5.74, 6) is 0.399. The van der Waals surface area contributed by atoms with Gasteiger partial charge in [-0.25, -0.2) is 4.98 Å². The van der Waals surface area contributed by atoms with E-state index in [4.69, 9.17) is 5.73 Å². The summed E-state index contributed by atoms with van der Waals surface area (Å²) in [4.78, 5) is 15.2. The van der Waals surface area contributed by atoms with Gasteiger partial charge in [0.2, 0.25) is 5.91 Å². The molecular formula is C13H11BrN2OS. The third-order valence-electron chi connectivity index (χ3n) is 2.34. The SMILES string of the molecule is NC(=O)c1ccc(CSc2ncccc2Br)cc1. The normalized spacial score (nSPS) is 10.3.